The molecule has 1 fully saturated rings. The molecule has 162 valence electrons. The molecule has 0 saturated carbocycles. The van der Waals surface area contributed by atoms with Crippen molar-refractivity contribution in [3.8, 4) is 0 Å². The minimum absolute atomic E-state index is 0.0744. The van der Waals surface area contributed by atoms with Gasteiger partial charge in [0.1, 0.15) is 5.82 Å². The standard InChI is InChI=1S/C21H28ClN5O2S/c1-14(2)12-27-18(24-25-21(27)30-3)9-6-10-23-20(29)15-11-19(28)26(13-15)17-8-5-4-7-16(17)22/h4-5,7-8,14-15H,6,9-13H2,1-3H3,(H,23,29). The molecule has 2 heterocycles. The van der Waals surface area contributed by atoms with E-state index in [4.69, 9.17) is 11.6 Å². The Hall–Kier alpha value is -2.06. The van der Waals surface area contributed by atoms with Crippen LogP contribution in [0.2, 0.25) is 5.02 Å². The molecule has 0 bridgehead atoms. The lowest BCUT2D eigenvalue weighted by Crippen LogP contribution is -2.33. The van der Waals surface area contributed by atoms with Crippen molar-refractivity contribution in [3.63, 3.8) is 0 Å². The Morgan fingerprint density at radius 1 is 1.33 bits per heavy atom. The van der Waals surface area contributed by atoms with E-state index in [1.54, 1.807) is 28.8 Å². The lowest BCUT2D eigenvalue weighted by atomic mass is 10.1. The number of rotatable bonds is 9. The van der Waals surface area contributed by atoms with Crippen molar-refractivity contribution < 1.29 is 9.59 Å². The molecule has 0 spiro atoms. The second kappa shape index (κ2) is 10.3. The molecule has 1 aliphatic heterocycles. The number of nitrogens with zero attached hydrogens (tertiary/aromatic N) is 4. The van der Waals surface area contributed by atoms with Crippen LogP contribution in [0.15, 0.2) is 29.4 Å². The minimum atomic E-state index is -0.360. The Kier molecular flexibility index (Phi) is 7.77. The van der Waals surface area contributed by atoms with E-state index < -0.39 is 0 Å². The quantitative estimate of drug-likeness (QED) is 0.468. The molecule has 1 unspecified atom stereocenters. The fraction of sp³-hybridized carbons (Fsp3) is 0.524. The summed E-state index contributed by atoms with van der Waals surface area (Å²) in [4.78, 5) is 26.5. The molecule has 1 aliphatic rings. The number of hydrogen-bond donors (Lipinski definition) is 1. The van der Waals surface area contributed by atoms with Gasteiger partial charge in [0, 0.05) is 32.5 Å². The van der Waals surface area contributed by atoms with Crippen LogP contribution in [0.25, 0.3) is 0 Å². The van der Waals surface area contributed by atoms with Gasteiger partial charge in [0.15, 0.2) is 5.16 Å². The Labute approximate surface area is 186 Å². The van der Waals surface area contributed by atoms with E-state index in [1.165, 1.54) is 0 Å². The topological polar surface area (TPSA) is 80.1 Å². The van der Waals surface area contributed by atoms with Gasteiger partial charge >= 0.3 is 0 Å². The van der Waals surface area contributed by atoms with Crippen LogP contribution >= 0.6 is 23.4 Å². The van der Waals surface area contributed by atoms with Crippen molar-refractivity contribution >= 4 is 40.9 Å². The number of aromatic nitrogens is 3. The van der Waals surface area contributed by atoms with Gasteiger partial charge < -0.3 is 14.8 Å². The van der Waals surface area contributed by atoms with Gasteiger partial charge in [-0.25, -0.2) is 0 Å². The zero-order chi connectivity index (χ0) is 21.7. The van der Waals surface area contributed by atoms with Crippen molar-refractivity contribution in [1.29, 1.82) is 0 Å². The first-order valence-corrected chi connectivity index (χ1v) is 11.8. The van der Waals surface area contributed by atoms with Gasteiger partial charge in [-0.15, -0.1) is 10.2 Å². The highest BCUT2D eigenvalue weighted by Gasteiger charge is 2.35. The third-order valence-corrected chi connectivity index (χ3v) is 6.03. The van der Waals surface area contributed by atoms with Gasteiger partial charge in [0.05, 0.1) is 16.6 Å². The molecule has 30 heavy (non-hydrogen) atoms. The fourth-order valence-electron chi connectivity index (χ4n) is 3.59. The first-order chi connectivity index (χ1) is 14.4. The second-order valence-corrected chi connectivity index (χ2v) is 9.04. The zero-order valence-corrected chi connectivity index (χ0v) is 19.2. The average Bonchev–Trinajstić information content (AvgIpc) is 3.28. The number of hydrogen-bond acceptors (Lipinski definition) is 5. The third-order valence-electron chi connectivity index (χ3n) is 5.04. The summed E-state index contributed by atoms with van der Waals surface area (Å²) in [5, 5.41) is 13.0. The maximum atomic E-state index is 12.6. The van der Waals surface area contributed by atoms with E-state index in [1.807, 2.05) is 18.4 Å². The molecule has 2 aromatic rings. The lowest BCUT2D eigenvalue weighted by molar-refractivity contribution is -0.126. The van der Waals surface area contributed by atoms with Crippen molar-refractivity contribution in [1.82, 2.24) is 20.1 Å². The normalized spacial score (nSPS) is 16.5. The number of anilines is 1. The number of nitrogens with one attached hydrogen (secondary N) is 1. The highest BCUT2D eigenvalue weighted by molar-refractivity contribution is 7.98. The van der Waals surface area contributed by atoms with E-state index in [2.05, 4.69) is 33.9 Å². The van der Waals surface area contributed by atoms with Crippen LogP contribution in [0.5, 0.6) is 0 Å². The molecule has 9 heteroatoms. The molecule has 1 aromatic heterocycles. The molecule has 3 rings (SSSR count). The number of para-hydroxylation sites is 1. The summed E-state index contributed by atoms with van der Waals surface area (Å²) in [6, 6.07) is 7.21. The van der Waals surface area contributed by atoms with E-state index in [0.717, 1.165) is 30.4 Å². The zero-order valence-electron chi connectivity index (χ0n) is 17.6. The smallest absolute Gasteiger partial charge is 0.227 e. The third kappa shape index (κ3) is 5.35. The molecule has 7 nitrogen and oxygen atoms in total. The van der Waals surface area contributed by atoms with Crippen molar-refractivity contribution in [2.45, 2.75) is 44.8 Å². The van der Waals surface area contributed by atoms with Crippen LogP contribution in [0.1, 0.15) is 32.5 Å². The van der Waals surface area contributed by atoms with E-state index in [0.29, 0.717) is 29.7 Å². The highest BCUT2D eigenvalue weighted by atomic mass is 35.5. The van der Waals surface area contributed by atoms with E-state index >= 15 is 0 Å². The number of carbonyl (C=O) groups excluding carboxylic acids is 2. The number of amides is 2. The predicted octanol–water partition coefficient (Wildman–Crippen LogP) is 3.41. The largest absolute Gasteiger partial charge is 0.356 e. The SMILES string of the molecule is CSc1nnc(CCCNC(=O)C2CC(=O)N(c3ccccc3Cl)C2)n1CC(C)C. The first-order valence-electron chi connectivity index (χ1n) is 10.2. The second-order valence-electron chi connectivity index (χ2n) is 7.86. The summed E-state index contributed by atoms with van der Waals surface area (Å²) >= 11 is 7.80. The molecule has 1 atom stereocenters. The Morgan fingerprint density at radius 2 is 2.10 bits per heavy atom. The van der Waals surface area contributed by atoms with Crippen LogP contribution < -0.4 is 10.2 Å². The van der Waals surface area contributed by atoms with Crippen LogP contribution in [0, 0.1) is 11.8 Å². The number of aryl methyl sites for hydroxylation is 1. The molecule has 1 aromatic carbocycles. The summed E-state index contributed by atoms with van der Waals surface area (Å²) in [5.74, 6) is 0.928. The number of halogens is 1. The van der Waals surface area contributed by atoms with Crippen LogP contribution in [-0.2, 0) is 22.6 Å². The van der Waals surface area contributed by atoms with E-state index in [-0.39, 0.29) is 24.2 Å². The summed E-state index contributed by atoms with van der Waals surface area (Å²) in [7, 11) is 0. The maximum Gasteiger partial charge on any atom is 0.227 e. The van der Waals surface area contributed by atoms with Crippen molar-refractivity contribution in [2.75, 3.05) is 24.2 Å². The van der Waals surface area contributed by atoms with Crippen molar-refractivity contribution in [3.05, 3.63) is 35.1 Å². The highest BCUT2D eigenvalue weighted by Crippen LogP contribution is 2.31. The number of carbonyl (C=O) groups is 2. The molecular formula is C21H28ClN5O2S. The number of benzene rings is 1. The lowest BCUT2D eigenvalue weighted by Gasteiger charge is -2.18. The molecule has 0 aliphatic carbocycles. The summed E-state index contributed by atoms with van der Waals surface area (Å²) in [5.41, 5.74) is 0.661. The van der Waals surface area contributed by atoms with Crippen LogP contribution in [0.4, 0.5) is 5.69 Å². The van der Waals surface area contributed by atoms with Crippen LogP contribution in [-0.4, -0.2) is 45.9 Å². The Bertz CT molecular complexity index is 901. The van der Waals surface area contributed by atoms with Gasteiger partial charge in [-0.1, -0.05) is 49.3 Å². The summed E-state index contributed by atoms with van der Waals surface area (Å²) < 4.78 is 2.16. The first kappa shape index (κ1) is 22.6. The van der Waals surface area contributed by atoms with Gasteiger partial charge in [-0.05, 0) is 30.7 Å². The monoisotopic (exact) mass is 449 g/mol. The number of thioether (sulfide) groups is 1. The Balaban J connectivity index is 1.50. The predicted molar refractivity (Wildman–Crippen MR) is 120 cm³/mol. The Morgan fingerprint density at radius 3 is 2.80 bits per heavy atom. The maximum absolute atomic E-state index is 12.6. The van der Waals surface area contributed by atoms with Crippen molar-refractivity contribution in [2.24, 2.45) is 11.8 Å². The summed E-state index contributed by atoms with van der Waals surface area (Å²) in [6.45, 7) is 6.12. The minimum Gasteiger partial charge on any atom is -0.356 e. The van der Waals surface area contributed by atoms with Gasteiger partial charge in [-0.3, -0.25) is 9.59 Å². The van der Waals surface area contributed by atoms with E-state index in [9.17, 15) is 9.59 Å². The molecule has 1 N–H and O–H groups in total. The summed E-state index contributed by atoms with van der Waals surface area (Å²) in [6.07, 6.45) is 3.72. The molecule has 2 amide bonds. The average molecular weight is 450 g/mol. The molecule has 0 radical (unpaired) electrons. The van der Waals surface area contributed by atoms with Crippen LogP contribution in [0.3, 0.4) is 0 Å². The van der Waals surface area contributed by atoms with Gasteiger partial charge in [0.25, 0.3) is 0 Å². The fourth-order valence-corrected chi connectivity index (χ4v) is 4.35. The van der Waals surface area contributed by atoms with Gasteiger partial charge in [-0.2, -0.15) is 0 Å². The van der Waals surface area contributed by atoms with Gasteiger partial charge in [0.2, 0.25) is 11.8 Å². The molecule has 1 saturated heterocycles. The molecular weight excluding hydrogens is 422 g/mol.